The smallest absolute Gasteiger partial charge is 0.326 e. The maximum atomic E-state index is 10.4. The predicted octanol–water partition coefficient (Wildman–Crippen LogP) is -0.175. The van der Waals surface area contributed by atoms with Gasteiger partial charge in [-0.15, -0.1) is 0 Å². The number of ether oxygens (including phenoxy) is 1. The van der Waals surface area contributed by atoms with Gasteiger partial charge in [-0.1, -0.05) is 6.92 Å². The molecular formula is C6H13NO3. The Morgan fingerprint density at radius 3 is 2.40 bits per heavy atom. The molecule has 10 heavy (non-hydrogen) atoms. The highest BCUT2D eigenvalue weighted by Gasteiger charge is 2.31. The number of hydrogen-bond donors (Lipinski definition) is 2. The lowest BCUT2D eigenvalue weighted by atomic mass is 10.00. The quantitative estimate of drug-likeness (QED) is 0.578. The molecule has 4 heteroatoms. The van der Waals surface area contributed by atoms with E-state index in [2.05, 4.69) is 4.74 Å². The van der Waals surface area contributed by atoms with Crippen LogP contribution in [0.5, 0.6) is 0 Å². The minimum Gasteiger partial charge on any atom is -0.480 e. The van der Waals surface area contributed by atoms with Crippen molar-refractivity contribution in [3.8, 4) is 0 Å². The maximum absolute atomic E-state index is 10.4. The predicted molar refractivity (Wildman–Crippen MR) is 36.7 cm³/mol. The highest BCUT2D eigenvalue weighted by atomic mass is 16.5. The van der Waals surface area contributed by atoms with Crippen LogP contribution < -0.4 is 5.73 Å². The first-order valence-corrected chi connectivity index (χ1v) is 3.08. The molecule has 0 spiro atoms. The van der Waals surface area contributed by atoms with E-state index in [1.54, 1.807) is 6.92 Å². The van der Waals surface area contributed by atoms with Gasteiger partial charge in [0.25, 0.3) is 0 Å². The van der Waals surface area contributed by atoms with E-state index in [0.717, 1.165) is 0 Å². The molecule has 0 bridgehead atoms. The summed E-state index contributed by atoms with van der Waals surface area (Å²) in [6.45, 7) is 1.77. The Kier molecular flexibility index (Phi) is 3.32. The van der Waals surface area contributed by atoms with Crippen molar-refractivity contribution in [3.05, 3.63) is 0 Å². The topological polar surface area (TPSA) is 72.5 Å². The van der Waals surface area contributed by atoms with Crippen LogP contribution in [0.3, 0.4) is 0 Å². The van der Waals surface area contributed by atoms with Gasteiger partial charge >= 0.3 is 5.97 Å². The summed E-state index contributed by atoms with van der Waals surface area (Å²) in [4.78, 5) is 10.4. The second kappa shape index (κ2) is 3.53. The van der Waals surface area contributed by atoms with E-state index >= 15 is 0 Å². The lowest BCUT2D eigenvalue weighted by Crippen LogP contribution is -2.51. The van der Waals surface area contributed by atoms with Crippen LogP contribution in [0.4, 0.5) is 0 Å². The van der Waals surface area contributed by atoms with E-state index < -0.39 is 11.5 Å². The fourth-order valence-corrected chi connectivity index (χ4v) is 0.573. The van der Waals surface area contributed by atoms with E-state index in [0.29, 0.717) is 6.42 Å². The Balaban J connectivity index is 4.08. The molecule has 1 unspecified atom stereocenters. The molecule has 0 aromatic carbocycles. The summed E-state index contributed by atoms with van der Waals surface area (Å²) in [6.07, 6.45) is 0.371. The number of nitrogens with two attached hydrogens (primary N) is 1. The van der Waals surface area contributed by atoms with Crippen molar-refractivity contribution >= 4 is 5.97 Å². The molecule has 0 amide bonds. The molecule has 1 atom stereocenters. The fraction of sp³-hybridized carbons (Fsp3) is 0.833. The number of carboxylic acid groups (broad SMARTS) is 1. The van der Waals surface area contributed by atoms with Crippen LogP contribution >= 0.6 is 0 Å². The van der Waals surface area contributed by atoms with Gasteiger partial charge in [-0.2, -0.15) is 0 Å². The number of carboxylic acids is 1. The first-order valence-electron chi connectivity index (χ1n) is 3.08. The fourth-order valence-electron chi connectivity index (χ4n) is 0.573. The van der Waals surface area contributed by atoms with Gasteiger partial charge in [-0.3, -0.25) is 4.79 Å². The summed E-state index contributed by atoms with van der Waals surface area (Å²) in [5.41, 5.74) is 4.21. The second-order valence-electron chi connectivity index (χ2n) is 2.25. The summed E-state index contributed by atoms with van der Waals surface area (Å²) in [5, 5.41) is 8.56. The molecule has 0 aliphatic carbocycles. The van der Waals surface area contributed by atoms with Crippen LogP contribution in [-0.2, 0) is 9.53 Å². The van der Waals surface area contributed by atoms with Crippen molar-refractivity contribution in [3.63, 3.8) is 0 Å². The molecule has 0 aliphatic rings. The Bertz CT molecular complexity index is 126. The lowest BCUT2D eigenvalue weighted by molar-refractivity contribution is -0.145. The van der Waals surface area contributed by atoms with Crippen LogP contribution in [0.2, 0.25) is 0 Å². The van der Waals surface area contributed by atoms with Crippen molar-refractivity contribution in [2.75, 3.05) is 13.7 Å². The molecule has 0 rings (SSSR count). The zero-order valence-electron chi connectivity index (χ0n) is 6.26. The summed E-state index contributed by atoms with van der Waals surface area (Å²) in [5.74, 6) is -1.02. The van der Waals surface area contributed by atoms with Crippen LogP contribution in [0.25, 0.3) is 0 Å². The van der Waals surface area contributed by atoms with Gasteiger partial charge in [0.2, 0.25) is 0 Å². The van der Waals surface area contributed by atoms with Crippen molar-refractivity contribution in [1.29, 1.82) is 0 Å². The Morgan fingerprint density at radius 2 is 2.30 bits per heavy atom. The molecule has 0 saturated heterocycles. The Morgan fingerprint density at radius 1 is 1.80 bits per heavy atom. The molecule has 0 aromatic heterocycles. The standard InChI is InChI=1S/C6H13NO3/c1-3-6(7,4-10-2)5(8)9/h3-4,7H2,1-2H3,(H,8,9). The zero-order chi connectivity index (χ0) is 8.20. The first kappa shape index (κ1) is 9.39. The highest BCUT2D eigenvalue weighted by Crippen LogP contribution is 2.05. The van der Waals surface area contributed by atoms with E-state index in [1.165, 1.54) is 7.11 Å². The monoisotopic (exact) mass is 147 g/mol. The van der Waals surface area contributed by atoms with Crippen LogP contribution in [0, 0.1) is 0 Å². The third kappa shape index (κ3) is 1.97. The average molecular weight is 147 g/mol. The lowest BCUT2D eigenvalue weighted by Gasteiger charge is -2.20. The minimum absolute atomic E-state index is 0.0544. The van der Waals surface area contributed by atoms with E-state index in [-0.39, 0.29) is 6.61 Å². The van der Waals surface area contributed by atoms with Crippen molar-refractivity contribution in [1.82, 2.24) is 0 Å². The third-order valence-electron chi connectivity index (χ3n) is 1.46. The van der Waals surface area contributed by atoms with E-state index in [4.69, 9.17) is 10.8 Å². The van der Waals surface area contributed by atoms with Gasteiger partial charge in [-0.25, -0.2) is 0 Å². The molecule has 0 heterocycles. The average Bonchev–Trinajstić information content (AvgIpc) is 1.88. The number of hydrogen-bond acceptors (Lipinski definition) is 3. The summed E-state index contributed by atoms with van der Waals surface area (Å²) in [7, 11) is 1.43. The molecule has 0 aliphatic heterocycles. The van der Waals surface area contributed by atoms with Gasteiger partial charge in [0.1, 0.15) is 5.54 Å². The number of methoxy groups -OCH3 is 1. The van der Waals surface area contributed by atoms with Gasteiger partial charge in [0.15, 0.2) is 0 Å². The van der Waals surface area contributed by atoms with Crippen molar-refractivity contribution in [2.24, 2.45) is 5.73 Å². The van der Waals surface area contributed by atoms with E-state index in [1.807, 2.05) is 0 Å². The summed E-state index contributed by atoms with van der Waals surface area (Å²) >= 11 is 0. The maximum Gasteiger partial charge on any atom is 0.326 e. The number of carbonyl (C=O) groups is 1. The van der Waals surface area contributed by atoms with Crippen molar-refractivity contribution in [2.45, 2.75) is 18.9 Å². The first-order chi connectivity index (χ1) is 4.56. The van der Waals surface area contributed by atoms with Gasteiger partial charge < -0.3 is 15.6 Å². The van der Waals surface area contributed by atoms with Gasteiger partial charge in [-0.05, 0) is 6.42 Å². The summed E-state index contributed by atoms with van der Waals surface area (Å²) < 4.78 is 4.65. The summed E-state index contributed by atoms with van der Waals surface area (Å²) in [6, 6.07) is 0. The Hall–Kier alpha value is -0.610. The number of rotatable bonds is 4. The largest absolute Gasteiger partial charge is 0.480 e. The SMILES string of the molecule is CCC(N)(COC)C(=O)O. The van der Waals surface area contributed by atoms with Crippen LogP contribution in [0.1, 0.15) is 13.3 Å². The zero-order valence-corrected chi connectivity index (χ0v) is 6.26. The van der Waals surface area contributed by atoms with Gasteiger partial charge in [0, 0.05) is 7.11 Å². The molecule has 0 aromatic rings. The molecule has 60 valence electrons. The third-order valence-corrected chi connectivity index (χ3v) is 1.46. The molecule has 3 N–H and O–H groups in total. The second-order valence-corrected chi connectivity index (χ2v) is 2.25. The van der Waals surface area contributed by atoms with Gasteiger partial charge in [0.05, 0.1) is 6.61 Å². The highest BCUT2D eigenvalue weighted by molar-refractivity contribution is 5.78. The van der Waals surface area contributed by atoms with Crippen LogP contribution in [0.15, 0.2) is 0 Å². The minimum atomic E-state index is -1.21. The Labute approximate surface area is 60.0 Å². The van der Waals surface area contributed by atoms with E-state index in [9.17, 15) is 4.79 Å². The molecule has 0 saturated carbocycles. The molecule has 0 fully saturated rings. The molecular weight excluding hydrogens is 134 g/mol. The molecule has 0 radical (unpaired) electrons. The molecule has 4 nitrogen and oxygen atoms in total. The van der Waals surface area contributed by atoms with Crippen molar-refractivity contribution < 1.29 is 14.6 Å². The normalized spacial score (nSPS) is 16.3. The number of aliphatic carboxylic acids is 1. The van der Waals surface area contributed by atoms with Crippen LogP contribution in [-0.4, -0.2) is 30.3 Å².